The molecule has 2 aliphatic rings. The Labute approximate surface area is 252 Å². The van der Waals surface area contributed by atoms with Gasteiger partial charge in [-0.15, -0.1) is 11.3 Å². The summed E-state index contributed by atoms with van der Waals surface area (Å²) in [5.74, 6) is 0.946. The Hall–Kier alpha value is -2.83. The predicted octanol–water partition coefficient (Wildman–Crippen LogP) is 5.04. The number of morpholine rings is 1. The van der Waals surface area contributed by atoms with Crippen molar-refractivity contribution in [2.45, 2.75) is 56.6 Å². The van der Waals surface area contributed by atoms with Crippen LogP contribution in [0.4, 0.5) is 5.13 Å². The lowest BCUT2D eigenvalue weighted by Crippen LogP contribution is -2.64. The van der Waals surface area contributed by atoms with Crippen molar-refractivity contribution >= 4 is 32.4 Å². The van der Waals surface area contributed by atoms with Gasteiger partial charge in [-0.1, -0.05) is 31.5 Å². The van der Waals surface area contributed by atoms with Gasteiger partial charge in [-0.25, -0.2) is 13.4 Å². The molecule has 0 saturated carbocycles. The Balaban J connectivity index is 1.25. The van der Waals surface area contributed by atoms with Gasteiger partial charge in [-0.05, 0) is 75.0 Å². The van der Waals surface area contributed by atoms with Crippen LogP contribution < -0.4 is 10.1 Å². The molecule has 2 saturated heterocycles. The van der Waals surface area contributed by atoms with E-state index in [1.807, 2.05) is 48.7 Å². The fraction of sp³-hybridized carbons (Fsp3) is 0.484. The summed E-state index contributed by atoms with van der Waals surface area (Å²) < 4.78 is 41.2. The van der Waals surface area contributed by atoms with Gasteiger partial charge < -0.3 is 14.8 Å². The fourth-order valence-electron chi connectivity index (χ4n) is 5.83. The average molecular weight is 613 g/mol. The third kappa shape index (κ3) is 7.03. The van der Waals surface area contributed by atoms with Crippen LogP contribution in [0.3, 0.4) is 0 Å². The maximum atomic E-state index is 13.9. The van der Waals surface area contributed by atoms with Gasteiger partial charge in [0, 0.05) is 30.1 Å². The number of ether oxygens (including phenoxy) is 2. The molecule has 1 unspecified atom stereocenters. The van der Waals surface area contributed by atoms with E-state index in [1.54, 1.807) is 23.5 Å². The Morgan fingerprint density at radius 2 is 1.90 bits per heavy atom. The maximum absolute atomic E-state index is 13.9. The highest BCUT2D eigenvalue weighted by molar-refractivity contribution is 7.89. The van der Waals surface area contributed by atoms with Crippen LogP contribution in [-0.2, 0) is 19.6 Å². The second-order valence-corrected chi connectivity index (χ2v) is 14.5. The third-order valence-corrected chi connectivity index (χ3v) is 10.6. The van der Waals surface area contributed by atoms with Gasteiger partial charge in [0.05, 0.1) is 36.5 Å². The summed E-state index contributed by atoms with van der Waals surface area (Å²) in [4.78, 5) is 20.0. The number of anilines is 1. The Bertz CT molecular complexity index is 1470. The van der Waals surface area contributed by atoms with Crippen LogP contribution in [0.25, 0.3) is 11.3 Å². The standard InChI is InChI=1S/C31H40N4O5S2/c1-22(2)16-25-18-40-31(21-35(25)42(37,38)27-12-6-23(3)7-13-27)14-5-15-34(20-31)17-29(36)33-30-32-28(19-41-30)24-8-10-26(39-4)11-9-24/h6-13,19,22,25H,5,14-18,20-21H2,1-4H3,(H,32,33,36)/t25-,31?/m0/s1. The van der Waals surface area contributed by atoms with Crippen molar-refractivity contribution < 1.29 is 22.7 Å². The monoisotopic (exact) mass is 612 g/mol. The van der Waals surface area contributed by atoms with Crippen LogP contribution in [0.2, 0.25) is 0 Å². The third-order valence-electron chi connectivity index (χ3n) is 7.93. The topological polar surface area (TPSA) is 101 Å². The normalized spacial score (nSPS) is 22.0. The van der Waals surface area contributed by atoms with E-state index in [0.717, 1.165) is 48.4 Å². The number of sulfonamides is 1. The highest BCUT2D eigenvalue weighted by Crippen LogP contribution is 2.35. The minimum atomic E-state index is -3.71. The number of carbonyl (C=O) groups excluding carboxylic acids is 1. The van der Waals surface area contributed by atoms with E-state index in [-0.39, 0.29) is 25.0 Å². The molecule has 0 aliphatic carbocycles. The number of thiazole rings is 1. The van der Waals surface area contributed by atoms with Crippen molar-refractivity contribution in [1.29, 1.82) is 0 Å². The number of carbonyl (C=O) groups is 1. The first-order chi connectivity index (χ1) is 20.1. The molecule has 5 rings (SSSR count). The largest absolute Gasteiger partial charge is 0.497 e. The first kappa shape index (κ1) is 30.6. The summed E-state index contributed by atoms with van der Waals surface area (Å²) in [6.07, 6.45) is 2.29. The molecule has 1 amide bonds. The SMILES string of the molecule is COc1ccc(-c2csc(NC(=O)CN3CCCC4(C3)CN(S(=O)(=O)c3ccc(C)cc3)[C@@H](CC(C)C)CO4)n2)cc1. The summed E-state index contributed by atoms with van der Waals surface area (Å²) in [6.45, 7) is 8.19. The highest BCUT2D eigenvalue weighted by Gasteiger charge is 2.47. The molecular weight excluding hydrogens is 572 g/mol. The number of methoxy groups -OCH3 is 1. The molecule has 1 spiro atoms. The lowest BCUT2D eigenvalue weighted by atomic mass is 9.89. The fourth-order valence-corrected chi connectivity index (χ4v) is 8.26. The van der Waals surface area contributed by atoms with E-state index >= 15 is 0 Å². The number of hydrogen-bond donors (Lipinski definition) is 1. The van der Waals surface area contributed by atoms with Crippen LogP contribution >= 0.6 is 11.3 Å². The zero-order valence-corrected chi connectivity index (χ0v) is 26.3. The lowest BCUT2D eigenvalue weighted by Gasteiger charge is -2.50. The van der Waals surface area contributed by atoms with Crippen LogP contribution in [0.5, 0.6) is 5.75 Å². The first-order valence-corrected chi connectivity index (χ1v) is 16.7. The number of likely N-dealkylation sites (tertiary alicyclic amines) is 1. The van der Waals surface area contributed by atoms with E-state index < -0.39 is 15.6 Å². The number of aromatic nitrogens is 1. The number of nitrogens with zero attached hydrogens (tertiary/aromatic N) is 3. The van der Waals surface area contributed by atoms with E-state index in [1.165, 1.54) is 11.3 Å². The molecule has 2 aliphatic heterocycles. The molecule has 1 N–H and O–H groups in total. The number of benzene rings is 2. The molecular formula is C31H40N4O5S2. The van der Waals surface area contributed by atoms with Crippen LogP contribution in [0.15, 0.2) is 58.8 Å². The van der Waals surface area contributed by atoms with Gasteiger partial charge in [0.15, 0.2) is 5.13 Å². The van der Waals surface area contributed by atoms with Gasteiger partial charge in [0.25, 0.3) is 0 Å². The van der Waals surface area contributed by atoms with Crippen molar-refractivity contribution in [1.82, 2.24) is 14.2 Å². The lowest BCUT2D eigenvalue weighted by molar-refractivity contribution is -0.146. The molecule has 226 valence electrons. The summed E-state index contributed by atoms with van der Waals surface area (Å²) >= 11 is 1.38. The number of rotatable bonds is 9. The number of hydrogen-bond acceptors (Lipinski definition) is 8. The number of piperidine rings is 1. The average Bonchev–Trinajstić information content (AvgIpc) is 3.42. The molecule has 3 heterocycles. The Kier molecular flexibility index (Phi) is 9.34. The van der Waals surface area contributed by atoms with Gasteiger partial charge in [-0.3, -0.25) is 9.69 Å². The quantitative estimate of drug-likeness (QED) is 0.362. The van der Waals surface area contributed by atoms with Crippen LogP contribution in [-0.4, -0.2) is 80.1 Å². The summed E-state index contributed by atoms with van der Waals surface area (Å²) in [5.41, 5.74) is 2.09. The van der Waals surface area contributed by atoms with Crippen LogP contribution in [0, 0.1) is 12.8 Å². The van der Waals surface area contributed by atoms with Crippen molar-refractivity contribution in [2.24, 2.45) is 5.92 Å². The molecule has 2 aromatic carbocycles. The first-order valence-electron chi connectivity index (χ1n) is 14.4. The van der Waals surface area contributed by atoms with E-state index in [9.17, 15) is 13.2 Å². The smallest absolute Gasteiger partial charge is 0.243 e. The highest BCUT2D eigenvalue weighted by atomic mass is 32.2. The molecule has 0 bridgehead atoms. The van der Waals surface area contributed by atoms with Gasteiger partial charge >= 0.3 is 0 Å². The minimum absolute atomic E-state index is 0.152. The van der Waals surface area contributed by atoms with E-state index in [0.29, 0.717) is 29.1 Å². The molecule has 1 aromatic heterocycles. The zero-order chi connectivity index (χ0) is 29.9. The molecule has 2 atom stereocenters. The summed E-state index contributed by atoms with van der Waals surface area (Å²) in [6, 6.07) is 14.5. The molecule has 2 fully saturated rings. The predicted molar refractivity (Wildman–Crippen MR) is 165 cm³/mol. The Morgan fingerprint density at radius 3 is 2.60 bits per heavy atom. The molecule has 11 heteroatoms. The molecule has 42 heavy (non-hydrogen) atoms. The van der Waals surface area contributed by atoms with Crippen molar-refractivity contribution in [3.8, 4) is 17.0 Å². The van der Waals surface area contributed by atoms with E-state index in [4.69, 9.17) is 9.47 Å². The molecule has 0 radical (unpaired) electrons. The van der Waals surface area contributed by atoms with Gasteiger partial charge in [0.2, 0.25) is 15.9 Å². The maximum Gasteiger partial charge on any atom is 0.243 e. The number of nitrogens with one attached hydrogen (secondary N) is 1. The number of amides is 1. The second-order valence-electron chi connectivity index (χ2n) is 11.8. The van der Waals surface area contributed by atoms with Crippen molar-refractivity contribution in [2.75, 3.05) is 45.2 Å². The molecule has 3 aromatic rings. The summed E-state index contributed by atoms with van der Waals surface area (Å²) in [5, 5.41) is 5.39. The summed E-state index contributed by atoms with van der Waals surface area (Å²) in [7, 11) is -2.09. The van der Waals surface area contributed by atoms with E-state index in [2.05, 4.69) is 29.0 Å². The Morgan fingerprint density at radius 1 is 1.17 bits per heavy atom. The molecule has 9 nitrogen and oxygen atoms in total. The number of aryl methyl sites for hydroxylation is 1. The zero-order valence-electron chi connectivity index (χ0n) is 24.7. The van der Waals surface area contributed by atoms with Crippen LogP contribution in [0.1, 0.15) is 38.7 Å². The minimum Gasteiger partial charge on any atom is -0.497 e. The van der Waals surface area contributed by atoms with Gasteiger partial charge in [0.1, 0.15) is 5.75 Å². The van der Waals surface area contributed by atoms with Gasteiger partial charge in [-0.2, -0.15) is 4.31 Å². The second kappa shape index (κ2) is 12.8. The van der Waals surface area contributed by atoms with Crippen molar-refractivity contribution in [3.05, 3.63) is 59.5 Å². The van der Waals surface area contributed by atoms with Crippen molar-refractivity contribution in [3.63, 3.8) is 0 Å².